The van der Waals surface area contributed by atoms with E-state index in [1.165, 1.54) is 6.92 Å². The number of benzene rings is 1. The van der Waals surface area contributed by atoms with Crippen LogP contribution < -0.4 is 0 Å². The van der Waals surface area contributed by atoms with Gasteiger partial charge in [-0.2, -0.15) is 0 Å². The number of carbonyl (C=O) groups is 2. The van der Waals surface area contributed by atoms with Gasteiger partial charge in [-0.15, -0.1) is 0 Å². The van der Waals surface area contributed by atoms with Crippen molar-refractivity contribution in [3.8, 4) is 0 Å². The van der Waals surface area contributed by atoms with E-state index >= 15 is 0 Å². The largest absolute Gasteiger partial charge is 0.462 e. The molecule has 0 spiro atoms. The zero-order valence-corrected chi connectivity index (χ0v) is 17.4. The van der Waals surface area contributed by atoms with E-state index in [2.05, 4.69) is 12.2 Å². The van der Waals surface area contributed by atoms with Crippen LogP contribution in [0, 0.1) is 13.8 Å². The van der Waals surface area contributed by atoms with E-state index in [1.807, 2.05) is 26.8 Å². The van der Waals surface area contributed by atoms with Gasteiger partial charge in [0.2, 0.25) is 0 Å². The van der Waals surface area contributed by atoms with Crippen LogP contribution in [0.2, 0.25) is 5.02 Å². The van der Waals surface area contributed by atoms with Crippen molar-refractivity contribution in [1.82, 2.24) is 0 Å². The molecule has 0 saturated heterocycles. The minimum absolute atomic E-state index is 0.215. The number of hydrogen-bond donors (Lipinski definition) is 0. The maximum absolute atomic E-state index is 12.9. The fourth-order valence-electron chi connectivity index (χ4n) is 3.52. The number of rotatable bonds is 1. The smallest absolute Gasteiger partial charge is 0.339 e. The van der Waals surface area contributed by atoms with Crippen molar-refractivity contribution < 1.29 is 19.1 Å². The Kier molecular flexibility index (Phi) is 7.91. The number of cyclic esters (lactones) is 1. The Morgan fingerprint density at radius 1 is 1.22 bits per heavy atom. The molecule has 2 atom stereocenters. The van der Waals surface area contributed by atoms with Crippen LogP contribution >= 0.6 is 11.6 Å². The van der Waals surface area contributed by atoms with Crippen molar-refractivity contribution in [2.75, 3.05) is 0 Å². The van der Waals surface area contributed by atoms with Crippen LogP contribution in [0.3, 0.4) is 0 Å². The van der Waals surface area contributed by atoms with Crippen molar-refractivity contribution >= 4 is 23.5 Å². The monoisotopic (exact) mass is 392 g/mol. The zero-order chi connectivity index (χ0) is 20.0. The summed E-state index contributed by atoms with van der Waals surface area (Å²) in [5.74, 6) is -0.691. The Bertz CT molecular complexity index is 724. The highest BCUT2D eigenvalue weighted by molar-refractivity contribution is 6.32. The number of fused-ring (bicyclic) bond motifs is 1. The molecule has 27 heavy (non-hydrogen) atoms. The van der Waals surface area contributed by atoms with E-state index in [9.17, 15) is 9.59 Å². The summed E-state index contributed by atoms with van der Waals surface area (Å²) in [7, 11) is 0. The third kappa shape index (κ3) is 6.10. The van der Waals surface area contributed by atoms with Crippen LogP contribution in [-0.2, 0) is 20.7 Å². The van der Waals surface area contributed by atoms with E-state index < -0.39 is 0 Å². The number of carbonyl (C=O) groups excluding carboxylic acids is 2. The van der Waals surface area contributed by atoms with Crippen LogP contribution in [0.4, 0.5) is 0 Å². The fraction of sp³-hybridized carbons (Fsp3) is 0.545. The third-order valence-electron chi connectivity index (χ3n) is 4.80. The Labute approximate surface area is 166 Å². The highest BCUT2D eigenvalue weighted by Crippen LogP contribution is 2.31. The second-order valence-corrected chi connectivity index (χ2v) is 7.70. The van der Waals surface area contributed by atoms with Gasteiger partial charge in [-0.05, 0) is 63.1 Å². The van der Waals surface area contributed by atoms with Crippen LogP contribution in [-0.4, -0.2) is 24.1 Å². The van der Waals surface area contributed by atoms with Crippen molar-refractivity contribution in [3.05, 3.63) is 45.5 Å². The molecule has 4 nitrogen and oxygen atoms in total. The highest BCUT2D eigenvalue weighted by Gasteiger charge is 2.25. The molecule has 0 fully saturated rings. The average Bonchev–Trinajstić information content (AvgIpc) is 2.57. The first-order valence-corrected chi connectivity index (χ1v) is 9.99. The molecule has 0 amide bonds. The minimum Gasteiger partial charge on any atom is -0.462 e. The van der Waals surface area contributed by atoms with Gasteiger partial charge in [0.05, 0.1) is 5.56 Å². The summed E-state index contributed by atoms with van der Waals surface area (Å²) >= 11 is 6.58. The number of aryl methyl sites for hydroxylation is 2. The first-order chi connectivity index (χ1) is 12.8. The van der Waals surface area contributed by atoms with Crippen LogP contribution in [0.1, 0.15) is 73.0 Å². The molecule has 0 radical (unpaired) electrons. The molecule has 5 heteroatoms. The molecule has 0 aromatic heterocycles. The number of hydrogen-bond acceptors (Lipinski definition) is 4. The van der Waals surface area contributed by atoms with E-state index in [1.54, 1.807) is 0 Å². The number of halogens is 1. The molecule has 148 valence electrons. The molecule has 1 aliphatic rings. The van der Waals surface area contributed by atoms with Gasteiger partial charge in [-0.3, -0.25) is 4.79 Å². The number of allylic oxidation sites excluding steroid dienone is 1. The molecule has 0 bridgehead atoms. The molecule has 1 unspecified atom stereocenters. The number of esters is 2. The lowest BCUT2D eigenvalue weighted by molar-refractivity contribution is -0.146. The molecule has 0 aliphatic carbocycles. The van der Waals surface area contributed by atoms with Gasteiger partial charge in [0, 0.05) is 24.8 Å². The first kappa shape index (κ1) is 21.5. The first-order valence-electron chi connectivity index (χ1n) is 9.61. The predicted octanol–water partition coefficient (Wildman–Crippen LogP) is 5.50. The molecule has 2 rings (SSSR count). The Morgan fingerprint density at radius 2 is 1.96 bits per heavy atom. The summed E-state index contributed by atoms with van der Waals surface area (Å²) in [6, 6.07) is 1.90. The van der Waals surface area contributed by atoms with Crippen LogP contribution in [0.5, 0.6) is 0 Å². The Hall–Kier alpha value is -1.81. The molecule has 1 heterocycles. The maximum Gasteiger partial charge on any atom is 0.339 e. The van der Waals surface area contributed by atoms with E-state index in [-0.39, 0.29) is 24.1 Å². The lowest BCUT2D eigenvalue weighted by Gasteiger charge is -2.22. The quantitative estimate of drug-likeness (QED) is 0.468. The van der Waals surface area contributed by atoms with Gasteiger partial charge in [0.25, 0.3) is 0 Å². The van der Waals surface area contributed by atoms with Gasteiger partial charge in [-0.1, -0.05) is 29.8 Å². The standard InChI is InChI=1S/C22H29ClO4/c1-14-12-15(2)21(23)19-13-18(27-17(4)24)11-9-7-5-6-8-10-16(3)26-22(25)20(14)19/h6,8,12,16,18H,5,7,9-11,13H2,1-4H3/b8-6+/t16-,18?/m1/s1. The fourth-order valence-corrected chi connectivity index (χ4v) is 3.74. The average molecular weight is 393 g/mol. The van der Waals surface area contributed by atoms with Gasteiger partial charge >= 0.3 is 11.9 Å². The summed E-state index contributed by atoms with van der Waals surface area (Å²) in [5.41, 5.74) is 2.94. The lowest BCUT2D eigenvalue weighted by atomic mass is 9.93. The van der Waals surface area contributed by atoms with Crippen molar-refractivity contribution in [2.45, 2.75) is 78.4 Å². The van der Waals surface area contributed by atoms with Gasteiger partial charge in [0.1, 0.15) is 12.2 Å². The predicted molar refractivity (Wildman–Crippen MR) is 107 cm³/mol. The molecule has 1 aliphatic heterocycles. The molecule has 0 N–H and O–H groups in total. The summed E-state index contributed by atoms with van der Waals surface area (Å²) in [6.07, 6.45) is 8.43. The lowest BCUT2D eigenvalue weighted by Crippen LogP contribution is -2.23. The summed E-state index contributed by atoms with van der Waals surface area (Å²) < 4.78 is 11.2. The summed E-state index contributed by atoms with van der Waals surface area (Å²) in [4.78, 5) is 24.5. The normalized spacial score (nSPS) is 22.9. The van der Waals surface area contributed by atoms with Crippen molar-refractivity contribution in [1.29, 1.82) is 0 Å². The van der Waals surface area contributed by atoms with Gasteiger partial charge in [-0.25, -0.2) is 4.79 Å². The van der Waals surface area contributed by atoms with Crippen molar-refractivity contribution in [3.63, 3.8) is 0 Å². The number of ether oxygens (including phenoxy) is 2. The van der Waals surface area contributed by atoms with E-state index in [0.29, 0.717) is 29.0 Å². The molecular weight excluding hydrogens is 364 g/mol. The van der Waals surface area contributed by atoms with Gasteiger partial charge in [0.15, 0.2) is 0 Å². The maximum atomic E-state index is 12.9. The third-order valence-corrected chi connectivity index (χ3v) is 5.32. The zero-order valence-electron chi connectivity index (χ0n) is 16.6. The second kappa shape index (κ2) is 9.93. The van der Waals surface area contributed by atoms with Gasteiger partial charge < -0.3 is 9.47 Å². The van der Waals surface area contributed by atoms with Crippen LogP contribution in [0.15, 0.2) is 18.2 Å². The van der Waals surface area contributed by atoms with E-state index in [4.69, 9.17) is 21.1 Å². The minimum atomic E-state index is -0.371. The van der Waals surface area contributed by atoms with Crippen LogP contribution in [0.25, 0.3) is 0 Å². The van der Waals surface area contributed by atoms with Crippen molar-refractivity contribution in [2.24, 2.45) is 0 Å². The SMILES string of the molecule is CC(=O)OC1CCCC/C=C/C[C@@H](C)OC(=O)c2c(C)cc(C)c(Cl)c2C1. The molecule has 1 aromatic rings. The molecule has 0 saturated carbocycles. The Morgan fingerprint density at radius 3 is 2.67 bits per heavy atom. The second-order valence-electron chi connectivity index (χ2n) is 7.32. The highest BCUT2D eigenvalue weighted by atomic mass is 35.5. The summed E-state index contributed by atoms with van der Waals surface area (Å²) in [5, 5.41) is 0.546. The molecule has 1 aromatic carbocycles. The topological polar surface area (TPSA) is 52.6 Å². The Balaban J connectivity index is 2.46. The molecular formula is C22H29ClO4. The summed E-state index contributed by atoms with van der Waals surface area (Å²) in [6.45, 7) is 7.10. The van der Waals surface area contributed by atoms with E-state index in [0.717, 1.165) is 36.8 Å².